The van der Waals surface area contributed by atoms with E-state index in [1.807, 2.05) is 40.1 Å². The molecule has 1 aromatic heterocycles. The van der Waals surface area contributed by atoms with Crippen LogP contribution in [0.5, 0.6) is 0 Å². The number of benzene rings is 1. The van der Waals surface area contributed by atoms with E-state index in [-0.39, 0.29) is 22.8 Å². The highest BCUT2D eigenvalue weighted by Crippen LogP contribution is 2.39. The summed E-state index contributed by atoms with van der Waals surface area (Å²) in [6.07, 6.45) is 3.26. The molecule has 3 heterocycles. The number of piperidine rings is 2. The number of likely N-dealkylation sites (tertiary alicyclic amines) is 2. The Morgan fingerprint density at radius 2 is 1.89 bits per heavy atom. The summed E-state index contributed by atoms with van der Waals surface area (Å²) < 4.78 is 0. The van der Waals surface area contributed by atoms with Gasteiger partial charge in [-0.05, 0) is 24.8 Å². The third kappa shape index (κ3) is 3.67. The van der Waals surface area contributed by atoms with Gasteiger partial charge in [-0.15, -0.1) is 0 Å². The molecule has 0 radical (unpaired) electrons. The fourth-order valence-corrected chi connectivity index (χ4v) is 4.38. The predicted molar refractivity (Wildman–Crippen MR) is 100 cm³/mol. The average Bonchev–Trinajstić information content (AvgIpc) is 3.12. The van der Waals surface area contributed by atoms with Gasteiger partial charge in [0.05, 0.1) is 0 Å². The average molecular weight is 368 g/mol. The van der Waals surface area contributed by atoms with Crippen LogP contribution in [0, 0.1) is 5.41 Å². The number of rotatable bonds is 3. The normalized spacial score (nSPS) is 23.0. The van der Waals surface area contributed by atoms with Gasteiger partial charge in [0, 0.05) is 44.1 Å². The second-order valence-corrected chi connectivity index (χ2v) is 7.74. The summed E-state index contributed by atoms with van der Waals surface area (Å²) in [6, 6.07) is 11.3. The summed E-state index contributed by atoms with van der Waals surface area (Å²) in [7, 11) is 0. The Bertz CT molecular complexity index is 888. The number of carbonyl (C=O) groups excluding carboxylic acids is 2. The van der Waals surface area contributed by atoms with Gasteiger partial charge in [0.1, 0.15) is 5.69 Å². The molecular weight excluding hydrogens is 344 g/mol. The van der Waals surface area contributed by atoms with Crippen LogP contribution in [0.1, 0.15) is 41.7 Å². The number of amides is 2. The fourth-order valence-electron chi connectivity index (χ4n) is 4.38. The van der Waals surface area contributed by atoms with Crippen LogP contribution in [0.2, 0.25) is 0 Å². The van der Waals surface area contributed by atoms with Gasteiger partial charge >= 0.3 is 0 Å². The minimum Gasteiger partial charge on any atom is -0.338 e. The third-order valence-corrected chi connectivity index (χ3v) is 5.74. The zero-order chi connectivity index (χ0) is 18.9. The molecule has 2 saturated heterocycles. The lowest BCUT2D eigenvalue weighted by molar-refractivity contribution is -0.139. The highest BCUT2D eigenvalue weighted by Gasteiger charge is 2.43. The van der Waals surface area contributed by atoms with Crippen molar-refractivity contribution in [3.8, 4) is 0 Å². The molecule has 1 aromatic carbocycles. The van der Waals surface area contributed by atoms with E-state index in [1.165, 1.54) is 6.07 Å². The van der Waals surface area contributed by atoms with Crippen molar-refractivity contribution in [2.75, 3.05) is 19.6 Å². The smallest absolute Gasteiger partial charge is 0.271 e. The van der Waals surface area contributed by atoms with Crippen molar-refractivity contribution in [1.82, 2.24) is 20.0 Å². The maximum Gasteiger partial charge on any atom is 0.271 e. The Labute approximate surface area is 157 Å². The van der Waals surface area contributed by atoms with E-state index in [4.69, 9.17) is 0 Å². The molecule has 1 atom stereocenters. The molecule has 2 aliphatic heterocycles. The molecule has 0 saturated carbocycles. The number of hydrogen-bond acceptors (Lipinski definition) is 3. The Morgan fingerprint density at radius 1 is 1.07 bits per heavy atom. The van der Waals surface area contributed by atoms with E-state index >= 15 is 0 Å². The number of aromatic amines is 2. The van der Waals surface area contributed by atoms with Gasteiger partial charge in [-0.1, -0.05) is 30.3 Å². The summed E-state index contributed by atoms with van der Waals surface area (Å²) in [6.45, 7) is 2.59. The Morgan fingerprint density at radius 3 is 2.63 bits per heavy atom. The first kappa shape index (κ1) is 17.6. The molecule has 0 bridgehead atoms. The van der Waals surface area contributed by atoms with Crippen molar-refractivity contribution in [3.05, 3.63) is 58.0 Å². The molecule has 2 fully saturated rings. The predicted octanol–water partition coefficient (Wildman–Crippen LogP) is 1.75. The lowest BCUT2D eigenvalue weighted by Gasteiger charge is -2.48. The zero-order valence-electron chi connectivity index (χ0n) is 15.2. The van der Waals surface area contributed by atoms with Crippen molar-refractivity contribution in [2.45, 2.75) is 32.2 Å². The highest BCUT2D eigenvalue weighted by atomic mass is 16.2. The standard InChI is InChI=1S/C20H24N4O3/c25-17-11-16(21-22-17)19(27)23-10-4-8-20(13-23)9-7-18(26)24(14-20)12-15-5-2-1-3-6-15/h1-3,5-6,11H,4,7-10,12-14H2,(H2,21,22,25). The van der Waals surface area contributed by atoms with Crippen molar-refractivity contribution in [3.63, 3.8) is 0 Å². The highest BCUT2D eigenvalue weighted by molar-refractivity contribution is 5.92. The number of aromatic nitrogens is 2. The minimum absolute atomic E-state index is 0.0623. The van der Waals surface area contributed by atoms with Gasteiger partial charge in [0.15, 0.2) is 0 Å². The Balaban J connectivity index is 1.49. The topological polar surface area (TPSA) is 89.3 Å². The van der Waals surface area contributed by atoms with Gasteiger partial charge in [-0.25, -0.2) is 0 Å². The van der Waals surface area contributed by atoms with Crippen LogP contribution in [0.3, 0.4) is 0 Å². The van der Waals surface area contributed by atoms with Crippen LogP contribution in [0.25, 0.3) is 0 Å². The Kier molecular flexibility index (Phi) is 4.59. The van der Waals surface area contributed by atoms with E-state index in [0.717, 1.165) is 24.8 Å². The van der Waals surface area contributed by atoms with Crippen molar-refractivity contribution in [1.29, 1.82) is 0 Å². The monoisotopic (exact) mass is 368 g/mol. The van der Waals surface area contributed by atoms with Gasteiger partial charge < -0.3 is 9.80 Å². The number of nitrogens with zero attached hydrogens (tertiary/aromatic N) is 2. The van der Waals surface area contributed by atoms with Gasteiger partial charge in [-0.3, -0.25) is 24.6 Å². The SMILES string of the molecule is O=C1CCC2(CCCN(C(=O)c3cc(=O)[nH][nH]3)C2)CN1Cc1ccccc1. The molecule has 7 heteroatoms. The molecular formula is C20H24N4O3. The van der Waals surface area contributed by atoms with Crippen LogP contribution in [0.4, 0.5) is 0 Å². The summed E-state index contributed by atoms with van der Waals surface area (Å²) >= 11 is 0. The van der Waals surface area contributed by atoms with E-state index in [2.05, 4.69) is 10.2 Å². The van der Waals surface area contributed by atoms with E-state index in [1.54, 1.807) is 0 Å². The molecule has 27 heavy (non-hydrogen) atoms. The largest absolute Gasteiger partial charge is 0.338 e. The van der Waals surface area contributed by atoms with Gasteiger partial charge in [0.25, 0.3) is 11.5 Å². The maximum absolute atomic E-state index is 12.7. The number of H-pyrrole nitrogens is 2. The van der Waals surface area contributed by atoms with Crippen LogP contribution >= 0.6 is 0 Å². The second kappa shape index (κ2) is 7.06. The number of carbonyl (C=O) groups is 2. The van der Waals surface area contributed by atoms with Gasteiger partial charge in [0.2, 0.25) is 5.91 Å². The number of hydrogen-bond donors (Lipinski definition) is 2. The summed E-state index contributed by atoms with van der Waals surface area (Å²) in [5.41, 5.74) is 1.05. The first-order valence-corrected chi connectivity index (χ1v) is 9.43. The molecule has 2 amide bonds. The summed E-state index contributed by atoms with van der Waals surface area (Å²) in [5, 5.41) is 5.07. The maximum atomic E-state index is 12.7. The molecule has 1 unspecified atom stereocenters. The minimum atomic E-state index is -0.303. The van der Waals surface area contributed by atoms with Crippen molar-refractivity contribution < 1.29 is 9.59 Å². The molecule has 0 aliphatic carbocycles. The first-order chi connectivity index (χ1) is 13.0. The van der Waals surface area contributed by atoms with Crippen LogP contribution < -0.4 is 5.56 Å². The van der Waals surface area contributed by atoms with E-state index < -0.39 is 0 Å². The molecule has 1 spiro atoms. The quantitative estimate of drug-likeness (QED) is 0.865. The fraction of sp³-hybridized carbons (Fsp3) is 0.450. The first-order valence-electron chi connectivity index (χ1n) is 9.43. The lowest BCUT2D eigenvalue weighted by atomic mass is 9.73. The van der Waals surface area contributed by atoms with E-state index in [9.17, 15) is 14.4 Å². The van der Waals surface area contributed by atoms with Crippen LogP contribution in [-0.2, 0) is 11.3 Å². The third-order valence-electron chi connectivity index (χ3n) is 5.74. The van der Waals surface area contributed by atoms with Crippen LogP contribution in [-0.4, -0.2) is 51.4 Å². The molecule has 2 aliphatic rings. The van der Waals surface area contributed by atoms with Crippen molar-refractivity contribution >= 4 is 11.8 Å². The molecule has 2 N–H and O–H groups in total. The molecule has 2 aromatic rings. The zero-order valence-corrected chi connectivity index (χ0v) is 15.2. The number of nitrogens with one attached hydrogen (secondary N) is 2. The van der Waals surface area contributed by atoms with Crippen molar-refractivity contribution in [2.24, 2.45) is 5.41 Å². The summed E-state index contributed by atoms with van der Waals surface area (Å²) in [4.78, 5) is 40.3. The Hall–Kier alpha value is -2.83. The van der Waals surface area contributed by atoms with E-state index in [0.29, 0.717) is 38.3 Å². The summed E-state index contributed by atoms with van der Waals surface area (Å²) in [5.74, 6) is 0.0295. The molecule has 142 valence electrons. The molecule has 7 nitrogen and oxygen atoms in total. The lowest BCUT2D eigenvalue weighted by Crippen LogP contribution is -2.54. The second-order valence-electron chi connectivity index (χ2n) is 7.74. The van der Waals surface area contributed by atoms with Gasteiger partial charge in [-0.2, -0.15) is 0 Å². The van der Waals surface area contributed by atoms with Crippen LogP contribution in [0.15, 0.2) is 41.2 Å². The molecule has 4 rings (SSSR count).